The van der Waals surface area contributed by atoms with Crippen LogP contribution in [0.1, 0.15) is 34.1 Å². The Labute approximate surface area is 101 Å². The molecule has 6 nitrogen and oxygen atoms in total. The molecule has 2 N–H and O–H groups in total. The molecule has 100 valence electrons. The molecule has 0 bridgehead atoms. The zero-order valence-electron chi connectivity index (χ0n) is 11.0. The number of amides is 1. The second-order valence-corrected chi connectivity index (χ2v) is 5.19. The monoisotopic (exact) mass is 247 g/mol. The molecule has 0 saturated carbocycles. The van der Waals surface area contributed by atoms with Gasteiger partial charge in [-0.25, -0.2) is 4.79 Å². The molecule has 0 aliphatic rings. The van der Waals surface area contributed by atoms with Gasteiger partial charge < -0.3 is 19.9 Å². The fourth-order valence-electron chi connectivity index (χ4n) is 1.33. The van der Waals surface area contributed by atoms with Gasteiger partial charge in [-0.2, -0.15) is 0 Å². The van der Waals surface area contributed by atoms with Gasteiger partial charge >= 0.3 is 12.1 Å². The molecule has 0 radical (unpaired) electrons. The molecule has 1 atom stereocenters. The van der Waals surface area contributed by atoms with Crippen molar-refractivity contribution in [3.05, 3.63) is 0 Å². The van der Waals surface area contributed by atoms with E-state index in [1.54, 1.807) is 27.7 Å². The number of methoxy groups -OCH3 is 1. The lowest BCUT2D eigenvalue weighted by atomic mass is 9.99. The topological polar surface area (TPSA) is 84.9 Å². The summed E-state index contributed by atoms with van der Waals surface area (Å²) in [6, 6.07) is 0. The molecule has 0 fully saturated rings. The average molecular weight is 247 g/mol. The summed E-state index contributed by atoms with van der Waals surface area (Å²) in [6.45, 7) is 6.89. The molecule has 0 heterocycles. The molecule has 0 aromatic carbocycles. The summed E-state index contributed by atoms with van der Waals surface area (Å²) >= 11 is 0. The first-order chi connectivity index (χ1) is 7.58. The highest BCUT2D eigenvalue weighted by Crippen LogP contribution is 2.13. The second kappa shape index (κ2) is 5.86. The first-order valence-electron chi connectivity index (χ1n) is 5.30. The van der Waals surface area contributed by atoms with Crippen LogP contribution in [0.15, 0.2) is 0 Å². The van der Waals surface area contributed by atoms with Gasteiger partial charge in [0.25, 0.3) is 0 Å². The minimum absolute atomic E-state index is 0.0958. The van der Waals surface area contributed by atoms with Crippen LogP contribution >= 0.6 is 0 Å². The molecule has 17 heavy (non-hydrogen) atoms. The number of carboxylic acids is 1. The third-order valence-corrected chi connectivity index (χ3v) is 1.81. The summed E-state index contributed by atoms with van der Waals surface area (Å²) in [5.41, 5.74) is -1.61. The van der Waals surface area contributed by atoms with Crippen LogP contribution in [0, 0.1) is 0 Å². The van der Waals surface area contributed by atoms with Gasteiger partial charge in [-0.05, 0) is 27.7 Å². The highest BCUT2D eigenvalue weighted by atomic mass is 16.6. The lowest BCUT2D eigenvalue weighted by molar-refractivity contribution is -0.139. The van der Waals surface area contributed by atoms with Crippen LogP contribution < -0.4 is 5.32 Å². The number of carbonyl (C=O) groups excluding carboxylic acids is 1. The lowest BCUT2D eigenvalue weighted by Gasteiger charge is -2.30. The van der Waals surface area contributed by atoms with Crippen LogP contribution in [0.25, 0.3) is 0 Å². The molecule has 1 amide bonds. The minimum Gasteiger partial charge on any atom is -0.481 e. The fourth-order valence-corrected chi connectivity index (χ4v) is 1.33. The molecule has 0 saturated heterocycles. The molecule has 0 aromatic rings. The first kappa shape index (κ1) is 15.7. The van der Waals surface area contributed by atoms with Gasteiger partial charge in [0, 0.05) is 7.11 Å². The maximum absolute atomic E-state index is 11.5. The highest BCUT2D eigenvalue weighted by molar-refractivity contribution is 5.72. The normalized spacial score (nSPS) is 14.9. The molecule has 0 aliphatic heterocycles. The summed E-state index contributed by atoms with van der Waals surface area (Å²) in [7, 11) is 1.44. The Balaban J connectivity index is 4.53. The van der Waals surface area contributed by atoms with E-state index in [9.17, 15) is 9.59 Å². The van der Waals surface area contributed by atoms with E-state index < -0.39 is 23.2 Å². The molecular formula is C11H21NO5. The van der Waals surface area contributed by atoms with E-state index in [1.165, 1.54) is 7.11 Å². The molecule has 0 aromatic heterocycles. The summed E-state index contributed by atoms with van der Waals surface area (Å²) in [4.78, 5) is 22.3. The summed E-state index contributed by atoms with van der Waals surface area (Å²) < 4.78 is 9.97. The van der Waals surface area contributed by atoms with Gasteiger partial charge in [-0.15, -0.1) is 0 Å². The van der Waals surface area contributed by atoms with Crippen molar-refractivity contribution < 1.29 is 24.2 Å². The lowest BCUT2D eigenvalue weighted by Crippen LogP contribution is -2.52. The SMILES string of the molecule is COCC(C)(CC(=O)O)NC(=O)OC(C)(C)C. The zero-order valence-corrected chi connectivity index (χ0v) is 11.0. The fraction of sp³-hybridized carbons (Fsp3) is 0.818. The molecule has 1 unspecified atom stereocenters. The van der Waals surface area contributed by atoms with E-state index in [4.69, 9.17) is 14.6 Å². The van der Waals surface area contributed by atoms with E-state index in [1.807, 2.05) is 0 Å². The number of alkyl carbamates (subject to hydrolysis) is 1. The molecule has 0 aliphatic carbocycles. The zero-order chi connectivity index (χ0) is 13.7. The van der Waals surface area contributed by atoms with Crippen LogP contribution in [0.5, 0.6) is 0 Å². The van der Waals surface area contributed by atoms with Crippen LogP contribution in [0.4, 0.5) is 4.79 Å². The molecule has 0 rings (SSSR count). The van der Waals surface area contributed by atoms with Gasteiger partial charge in [0.15, 0.2) is 0 Å². The number of hydrogen-bond acceptors (Lipinski definition) is 4. The van der Waals surface area contributed by atoms with Gasteiger partial charge in [0.1, 0.15) is 5.60 Å². The Kier molecular flexibility index (Phi) is 5.41. The van der Waals surface area contributed by atoms with E-state index >= 15 is 0 Å². The number of aliphatic carboxylic acids is 1. The number of carboxylic acid groups (broad SMARTS) is 1. The van der Waals surface area contributed by atoms with Gasteiger partial charge in [-0.1, -0.05) is 0 Å². The van der Waals surface area contributed by atoms with E-state index in [-0.39, 0.29) is 13.0 Å². The van der Waals surface area contributed by atoms with E-state index in [0.29, 0.717) is 0 Å². The second-order valence-electron chi connectivity index (χ2n) is 5.19. The molecule has 6 heteroatoms. The van der Waals surface area contributed by atoms with Crippen molar-refractivity contribution in [3.63, 3.8) is 0 Å². The highest BCUT2D eigenvalue weighted by Gasteiger charge is 2.31. The average Bonchev–Trinajstić information content (AvgIpc) is 1.96. The van der Waals surface area contributed by atoms with Gasteiger partial charge in [0.05, 0.1) is 18.6 Å². The molecular weight excluding hydrogens is 226 g/mol. The van der Waals surface area contributed by atoms with Crippen molar-refractivity contribution in [2.75, 3.05) is 13.7 Å². The molecule has 0 spiro atoms. The third-order valence-electron chi connectivity index (χ3n) is 1.81. The largest absolute Gasteiger partial charge is 0.481 e. The van der Waals surface area contributed by atoms with E-state index in [0.717, 1.165) is 0 Å². The van der Waals surface area contributed by atoms with Gasteiger partial charge in [0.2, 0.25) is 0 Å². The Bertz CT molecular complexity index is 284. The number of rotatable bonds is 5. The predicted octanol–water partition coefficient (Wildman–Crippen LogP) is 1.39. The van der Waals surface area contributed by atoms with Crippen molar-refractivity contribution in [2.24, 2.45) is 0 Å². The van der Waals surface area contributed by atoms with Crippen LogP contribution in [0.3, 0.4) is 0 Å². The van der Waals surface area contributed by atoms with Crippen LogP contribution in [-0.4, -0.2) is 42.0 Å². The van der Waals surface area contributed by atoms with Crippen molar-refractivity contribution in [1.29, 1.82) is 0 Å². The van der Waals surface area contributed by atoms with Crippen molar-refractivity contribution in [1.82, 2.24) is 5.32 Å². The third kappa shape index (κ3) is 7.57. The number of carbonyl (C=O) groups is 2. The Morgan fingerprint density at radius 1 is 1.24 bits per heavy atom. The Morgan fingerprint density at radius 3 is 2.12 bits per heavy atom. The van der Waals surface area contributed by atoms with E-state index in [2.05, 4.69) is 5.32 Å². The number of ether oxygens (including phenoxy) is 2. The Morgan fingerprint density at radius 2 is 1.76 bits per heavy atom. The van der Waals surface area contributed by atoms with Crippen molar-refractivity contribution in [2.45, 2.75) is 45.3 Å². The van der Waals surface area contributed by atoms with Gasteiger partial charge in [-0.3, -0.25) is 4.79 Å². The summed E-state index contributed by atoms with van der Waals surface area (Å²) in [5.74, 6) is -1.01. The van der Waals surface area contributed by atoms with Crippen molar-refractivity contribution in [3.8, 4) is 0 Å². The number of nitrogens with one attached hydrogen (secondary N) is 1. The number of hydrogen-bond donors (Lipinski definition) is 2. The predicted molar refractivity (Wildman–Crippen MR) is 61.9 cm³/mol. The summed E-state index contributed by atoms with van der Waals surface area (Å²) in [5, 5.41) is 11.3. The Hall–Kier alpha value is -1.30. The van der Waals surface area contributed by atoms with Crippen LogP contribution in [0.2, 0.25) is 0 Å². The standard InChI is InChI=1S/C11H21NO5/c1-10(2,3)17-9(15)12-11(4,7-16-5)6-8(13)14/h6-7H2,1-5H3,(H,12,15)(H,13,14). The summed E-state index contributed by atoms with van der Waals surface area (Å²) in [6.07, 6.45) is -0.890. The minimum atomic E-state index is -1.01. The maximum Gasteiger partial charge on any atom is 0.408 e. The van der Waals surface area contributed by atoms with Crippen molar-refractivity contribution >= 4 is 12.1 Å². The quantitative estimate of drug-likeness (QED) is 0.766. The first-order valence-corrected chi connectivity index (χ1v) is 5.30. The van der Waals surface area contributed by atoms with Crippen LogP contribution in [-0.2, 0) is 14.3 Å². The smallest absolute Gasteiger partial charge is 0.408 e. The maximum atomic E-state index is 11.5.